The van der Waals surface area contributed by atoms with Crippen LogP contribution in [0.3, 0.4) is 0 Å². The van der Waals surface area contributed by atoms with Crippen molar-refractivity contribution in [3.8, 4) is 0 Å². The summed E-state index contributed by atoms with van der Waals surface area (Å²) in [5.41, 5.74) is 10.7. The van der Waals surface area contributed by atoms with E-state index in [2.05, 4.69) is 116 Å². The Balaban J connectivity index is 1.60. The predicted molar refractivity (Wildman–Crippen MR) is 147 cm³/mol. The van der Waals surface area contributed by atoms with Crippen molar-refractivity contribution >= 4 is 33.3 Å². The Morgan fingerprint density at radius 2 is 1.77 bits per heavy atom. The van der Waals surface area contributed by atoms with Gasteiger partial charge in [-0.3, -0.25) is 0 Å². The number of nitrogens with zero attached hydrogens (tertiary/aromatic N) is 1. The highest BCUT2D eigenvalue weighted by atomic mass is 16.3. The third kappa shape index (κ3) is 3.68. The normalized spacial score (nSPS) is 17.9. The summed E-state index contributed by atoms with van der Waals surface area (Å²) in [5, 5.41) is 5.93. The lowest BCUT2D eigenvalue weighted by molar-refractivity contribution is 0.647. The summed E-state index contributed by atoms with van der Waals surface area (Å²) in [5.74, 6) is 0. The number of benzene rings is 3. The first kappa shape index (κ1) is 21.5. The first-order valence-electron chi connectivity index (χ1n) is 12.4. The molecule has 35 heavy (non-hydrogen) atoms. The molecule has 2 aliphatic rings. The van der Waals surface area contributed by atoms with Gasteiger partial charge in [0.2, 0.25) is 0 Å². The molecule has 4 aromatic rings. The van der Waals surface area contributed by atoms with Gasteiger partial charge in [0.25, 0.3) is 0 Å². The van der Waals surface area contributed by atoms with Crippen LogP contribution in [0.2, 0.25) is 0 Å². The van der Waals surface area contributed by atoms with Crippen molar-refractivity contribution in [2.75, 3.05) is 11.4 Å². The van der Waals surface area contributed by atoms with E-state index < -0.39 is 0 Å². The maximum Gasteiger partial charge on any atom is 0.143 e. The molecule has 1 atom stereocenters. The zero-order chi connectivity index (χ0) is 23.9. The van der Waals surface area contributed by atoms with Crippen LogP contribution in [-0.2, 0) is 6.42 Å². The lowest BCUT2D eigenvalue weighted by atomic mass is 9.94. The standard InChI is InChI=1S/C32H30N2O/c1-4-23-9-5-6-10-24(23)28-17-14-22(3)20-34(28)29-18-15-26-25-11-7-8-12-30(25)35-32(26)31(29)27-16-13-21(2)19-33-27/h5-19,27,33H,4,20H2,1-3H3. The van der Waals surface area contributed by atoms with Crippen LogP contribution >= 0.6 is 0 Å². The minimum atomic E-state index is 0.0202. The zero-order valence-electron chi connectivity index (χ0n) is 20.5. The maximum atomic E-state index is 6.55. The van der Waals surface area contributed by atoms with Gasteiger partial charge in [-0.05, 0) is 55.7 Å². The van der Waals surface area contributed by atoms with Gasteiger partial charge in [0, 0.05) is 40.3 Å². The molecule has 0 aliphatic carbocycles. The molecule has 0 spiro atoms. The minimum absolute atomic E-state index is 0.0202. The van der Waals surface area contributed by atoms with Gasteiger partial charge < -0.3 is 14.6 Å². The first-order valence-corrected chi connectivity index (χ1v) is 12.4. The number of aryl methyl sites for hydroxylation is 1. The second-order valence-corrected chi connectivity index (χ2v) is 9.53. The molecule has 0 amide bonds. The number of rotatable bonds is 4. The molecule has 174 valence electrons. The molecule has 3 heterocycles. The van der Waals surface area contributed by atoms with Crippen LogP contribution in [-0.4, -0.2) is 6.54 Å². The molecule has 0 bridgehead atoms. The molecular formula is C32H30N2O. The second-order valence-electron chi connectivity index (χ2n) is 9.53. The highest BCUT2D eigenvalue weighted by Gasteiger charge is 2.27. The predicted octanol–water partition coefficient (Wildman–Crippen LogP) is 8.06. The largest absolute Gasteiger partial charge is 0.456 e. The van der Waals surface area contributed by atoms with Gasteiger partial charge in [-0.2, -0.15) is 0 Å². The van der Waals surface area contributed by atoms with Crippen LogP contribution in [0.4, 0.5) is 5.69 Å². The molecule has 1 aromatic heterocycles. The third-order valence-corrected chi connectivity index (χ3v) is 7.10. The van der Waals surface area contributed by atoms with E-state index in [1.165, 1.54) is 39.2 Å². The highest BCUT2D eigenvalue weighted by molar-refractivity contribution is 6.08. The van der Waals surface area contributed by atoms with Crippen LogP contribution < -0.4 is 10.2 Å². The molecular weight excluding hydrogens is 428 g/mol. The lowest BCUT2D eigenvalue weighted by Crippen LogP contribution is -2.29. The Bertz CT molecular complexity index is 1560. The topological polar surface area (TPSA) is 28.4 Å². The SMILES string of the molecule is CCc1ccccc1C1=CC=C(C)CN1c1ccc2c(oc3ccccc32)c1C1C=CC(C)=CN1. The van der Waals surface area contributed by atoms with E-state index in [0.717, 1.165) is 34.9 Å². The quantitative estimate of drug-likeness (QED) is 0.335. The lowest BCUT2D eigenvalue weighted by Gasteiger charge is -2.34. The highest BCUT2D eigenvalue weighted by Crippen LogP contribution is 2.43. The average molecular weight is 459 g/mol. The van der Waals surface area contributed by atoms with Crippen LogP contribution in [0.25, 0.3) is 27.6 Å². The van der Waals surface area contributed by atoms with Gasteiger partial charge in [0.05, 0.1) is 11.7 Å². The monoisotopic (exact) mass is 458 g/mol. The average Bonchev–Trinajstić information content (AvgIpc) is 3.27. The van der Waals surface area contributed by atoms with E-state index in [1.807, 2.05) is 6.07 Å². The van der Waals surface area contributed by atoms with Crippen molar-refractivity contribution in [2.45, 2.75) is 33.2 Å². The molecule has 0 fully saturated rings. The van der Waals surface area contributed by atoms with Crippen molar-refractivity contribution in [2.24, 2.45) is 0 Å². The molecule has 0 saturated heterocycles. The van der Waals surface area contributed by atoms with E-state index in [0.29, 0.717) is 0 Å². The summed E-state index contributed by atoms with van der Waals surface area (Å²) in [4.78, 5) is 2.46. The summed E-state index contributed by atoms with van der Waals surface area (Å²) in [7, 11) is 0. The van der Waals surface area contributed by atoms with Gasteiger partial charge in [0.15, 0.2) is 0 Å². The Morgan fingerprint density at radius 1 is 0.943 bits per heavy atom. The van der Waals surface area contributed by atoms with Crippen molar-refractivity contribution in [3.05, 3.63) is 119 Å². The second kappa shape index (κ2) is 8.66. The summed E-state index contributed by atoms with van der Waals surface area (Å²) >= 11 is 0. The van der Waals surface area contributed by atoms with E-state index >= 15 is 0 Å². The van der Waals surface area contributed by atoms with E-state index in [9.17, 15) is 0 Å². The maximum absolute atomic E-state index is 6.55. The Hall–Kier alpha value is -3.98. The number of allylic oxidation sites excluding steroid dienone is 4. The molecule has 3 heteroatoms. The van der Waals surface area contributed by atoms with E-state index in [1.54, 1.807) is 0 Å². The molecule has 1 unspecified atom stereocenters. The number of nitrogens with one attached hydrogen (secondary N) is 1. The number of hydrogen-bond donors (Lipinski definition) is 1. The van der Waals surface area contributed by atoms with Gasteiger partial charge in [0.1, 0.15) is 11.2 Å². The van der Waals surface area contributed by atoms with Crippen molar-refractivity contribution in [1.29, 1.82) is 0 Å². The first-order chi connectivity index (χ1) is 17.1. The fraction of sp³-hybridized carbons (Fsp3) is 0.188. The van der Waals surface area contributed by atoms with Crippen molar-refractivity contribution in [1.82, 2.24) is 5.32 Å². The minimum Gasteiger partial charge on any atom is -0.456 e. The zero-order valence-corrected chi connectivity index (χ0v) is 20.5. The van der Waals surface area contributed by atoms with E-state index in [4.69, 9.17) is 4.42 Å². The summed E-state index contributed by atoms with van der Waals surface area (Å²) in [6, 6.07) is 21.6. The molecule has 2 aliphatic heterocycles. The van der Waals surface area contributed by atoms with Gasteiger partial charge >= 0.3 is 0 Å². The number of dihydropyridines is 1. The Morgan fingerprint density at radius 3 is 2.60 bits per heavy atom. The Labute approximate surface area is 206 Å². The fourth-order valence-corrected chi connectivity index (χ4v) is 5.31. The summed E-state index contributed by atoms with van der Waals surface area (Å²) in [6.07, 6.45) is 12.1. The molecule has 1 N–H and O–H groups in total. The van der Waals surface area contributed by atoms with Crippen molar-refractivity contribution in [3.63, 3.8) is 0 Å². The fourth-order valence-electron chi connectivity index (χ4n) is 5.31. The number of fused-ring (bicyclic) bond motifs is 3. The molecule has 3 nitrogen and oxygen atoms in total. The van der Waals surface area contributed by atoms with Crippen LogP contribution in [0.1, 0.15) is 43.5 Å². The van der Waals surface area contributed by atoms with Crippen LogP contribution in [0.5, 0.6) is 0 Å². The van der Waals surface area contributed by atoms with E-state index in [-0.39, 0.29) is 6.04 Å². The third-order valence-electron chi connectivity index (χ3n) is 7.10. The number of anilines is 1. The number of hydrogen-bond acceptors (Lipinski definition) is 3. The van der Waals surface area contributed by atoms with Gasteiger partial charge in [-0.15, -0.1) is 0 Å². The number of furan rings is 1. The molecule has 0 saturated carbocycles. The smallest absolute Gasteiger partial charge is 0.143 e. The van der Waals surface area contributed by atoms with Crippen LogP contribution in [0, 0.1) is 0 Å². The Kier molecular flexibility index (Phi) is 5.33. The molecule has 6 rings (SSSR count). The molecule has 3 aromatic carbocycles. The molecule has 0 radical (unpaired) electrons. The van der Waals surface area contributed by atoms with Gasteiger partial charge in [-0.1, -0.05) is 73.2 Å². The van der Waals surface area contributed by atoms with Gasteiger partial charge in [-0.25, -0.2) is 0 Å². The summed E-state index contributed by atoms with van der Waals surface area (Å²) < 4.78 is 6.55. The number of para-hydroxylation sites is 1. The van der Waals surface area contributed by atoms with Crippen molar-refractivity contribution < 1.29 is 4.42 Å². The summed E-state index contributed by atoms with van der Waals surface area (Å²) in [6.45, 7) is 7.39. The van der Waals surface area contributed by atoms with Crippen LogP contribution in [0.15, 0.2) is 107 Å².